The lowest BCUT2D eigenvalue weighted by Crippen LogP contribution is -2.22. The number of carbonyl (C=O) groups is 4. The van der Waals surface area contributed by atoms with Gasteiger partial charge in [0.1, 0.15) is 10.8 Å². The molecule has 0 saturated heterocycles. The molecule has 2 N–H and O–H groups in total. The molecule has 2 rings (SSSR count). The third-order valence-corrected chi connectivity index (χ3v) is 5.16. The van der Waals surface area contributed by atoms with Crippen LogP contribution in [-0.4, -0.2) is 41.9 Å². The molecule has 1 aromatic heterocycles. The molecule has 0 saturated carbocycles. The average Bonchev–Trinajstić information content (AvgIpc) is 2.98. The Labute approximate surface area is 171 Å². The van der Waals surface area contributed by atoms with E-state index in [-0.39, 0.29) is 35.1 Å². The number of ether oxygens (including phenoxy) is 2. The van der Waals surface area contributed by atoms with Crippen molar-refractivity contribution in [2.24, 2.45) is 0 Å². The van der Waals surface area contributed by atoms with Gasteiger partial charge in [0.15, 0.2) is 12.4 Å². The van der Waals surface area contributed by atoms with E-state index in [4.69, 9.17) is 9.47 Å². The Balaban J connectivity index is 2.03. The Morgan fingerprint density at radius 1 is 1.10 bits per heavy atom. The third kappa shape index (κ3) is 5.89. The molecule has 0 unspecified atom stereocenters. The Morgan fingerprint density at radius 3 is 2.34 bits per heavy atom. The maximum absolute atomic E-state index is 12.2. The molecular formula is C20H21NO7S. The van der Waals surface area contributed by atoms with Gasteiger partial charge in [0, 0.05) is 0 Å². The number of Topliss-reactive ketones (excluding diaryl/α,β-unsaturated/α-hetero) is 1. The third-order valence-electron chi connectivity index (χ3n) is 3.85. The largest absolute Gasteiger partial charge is 0.508 e. The fourth-order valence-corrected chi connectivity index (χ4v) is 3.63. The number of benzene rings is 1. The first kappa shape index (κ1) is 22.1. The number of hydrogen-bond donors (Lipinski definition) is 2. The molecule has 0 aliphatic heterocycles. The molecule has 0 aliphatic rings. The van der Waals surface area contributed by atoms with Crippen molar-refractivity contribution in [1.82, 2.24) is 0 Å². The van der Waals surface area contributed by atoms with Crippen molar-refractivity contribution in [3.05, 3.63) is 45.8 Å². The van der Waals surface area contributed by atoms with Crippen LogP contribution >= 0.6 is 11.3 Å². The molecule has 0 fully saturated rings. The van der Waals surface area contributed by atoms with E-state index in [0.717, 1.165) is 11.3 Å². The molecule has 1 aromatic carbocycles. The molecular weight excluding hydrogens is 398 g/mol. The summed E-state index contributed by atoms with van der Waals surface area (Å²) in [7, 11) is 0. The van der Waals surface area contributed by atoms with Crippen LogP contribution in [0.3, 0.4) is 0 Å². The summed E-state index contributed by atoms with van der Waals surface area (Å²) in [6.07, 6.45) is -0.0613. The minimum atomic E-state index is -0.647. The van der Waals surface area contributed by atoms with Gasteiger partial charge < -0.3 is 19.9 Å². The Hall–Kier alpha value is -3.20. The van der Waals surface area contributed by atoms with Crippen LogP contribution < -0.4 is 5.32 Å². The minimum Gasteiger partial charge on any atom is -0.508 e. The maximum atomic E-state index is 12.2. The van der Waals surface area contributed by atoms with Crippen LogP contribution in [-0.2, 0) is 25.5 Å². The van der Waals surface area contributed by atoms with Crippen LogP contribution in [0.5, 0.6) is 5.75 Å². The van der Waals surface area contributed by atoms with E-state index in [2.05, 4.69) is 5.32 Å². The lowest BCUT2D eigenvalue weighted by atomic mass is 10.1. The number of phenolic OH excluding ortho intramolecular Hbond substituents is 1. The highest BCUT2D eigenvalue weighted by Gasteiger charge is 2.25. The molecule has 8 nitrogen and oxygen atoms in total. The summed E-state index contributed by atoms with van der Waals surface area (Å²) in [5.74, 6) is -2.07. The van der Waals surface area contributed by atoms with Crippen LogP contribution in [0, 0.1) is 6.92 Å². The van der Waals surface area contributed by atoms with Gasteiger partial charge in [-0.15, -0.1) is 11.3 Å². The zero-order chi connectivity index (χ0) is 21.6. The predicted octanol–water partition coefficient (Wildman–Crippen LogP) is 2.87. The van der Waals surface area contributed by atoms with Crippen molar-refractivity contribution in [2.45, 2.75) is 27.2 Å². The van der Waals surface area contributed by atoms with Crippen molar-refractivity contribution in [3.8, 4) is 5.75 Å². The summed E-state index contributed by atoms with van der Waals surface area (Å²) in [6, 6.07) is 6.02. The predicted molar refractivity (Wildman–Crippen MR) is 106 cm³/mol. The molecule has 0 aliphatic carbocycles. The van der Waals surface area contributed by atoms with Crippen molar-refractivity contribution in [3.63, 3.8) is 0 Å². The minimum absolute atomic E-state index is 0.0613. The van der Waals surface area contributed by atoms with Crippen molar-refractivity contribution in [2.75, 3.05) is 18.5 Å². The normalized spacial score (nSPS) is 10.3. The lowest BCUT2D eigenvalue weighted by Gasteiger charge is -2.08. The first-order valence-electron chi connectivity index (χ1n) is 8.77. The second-order valence-corrected chi connectivity index (χ2v) is 7.11. The standard InChI is InChI=1S/C20H21NO7S/c1-4-27-20(26)17-11(2)18(12(3)22)29-19(17)21-15(24)10-28-16(25)9-13-5-7-14(23)8-6-13/h5-8,23H,4,9-10H2,1-3H3,(H,21,24). The highest BCUT2D eigenvalue weighted by molar-refractivity contribution is 7.18. The van der Waals surface area contributed by atoms with Gasteiger partial charge in [-0.3, -0.25) is 14.4 Å². The van der Waals surface area contributed by atoms with Gasteiger partial charge in [-0.25, -0.2) is 4.79 Å². The fourth-order valence-electron chi connectivity index (χ4n) is 2.53. The molecule has 154 valence electrons. The molecule has 0 bridgehead atoms. The molecule has 29 heavy (non-hydrogen) atoms. The number of amides is 1. The van der Waals surface area contributed by atoms with Gasteiger partial charge in [0.2, 0.25) is 0 Å². The number of aromatic hydroxyl groups is 1. The molecule has 2 aromatic rings. The molecule has 0 atom stereocenters. The molecule has 1 heterocycles. The Kier molecular flexibility index (Phi) is 7.49. The second-order valence-electron chi connectivity index (χ2n) is 6.09. The van der Waals surface area contributed by atoms with E-state index in [9.17, 15) is 24.3 Å². The quantitative estimate of drug-likeness (QED) is 0.499. The maximum Gasteiger partial charge on any atom is 0.341 e. The van der Waals surface area contributed by atoms with Gasteiger partial charge in [-0.1, -0.05) is 12.1 Å². The molecule has 9 heteroatoms. The van der Waals surface area contributed by atoms with E-state index >= 15 is 0 Å². The number of phenols is 1. The number of esters is 2. The molecule has 0 radical (unpaired) electrons. The summed E-state index contributed by atoms with van der Waals surface area (Å²) in [5, 5.41) is 11.9. The number of ketones is 1. The van der Waals surface area contributed by atoms with Gasteiger partial charge in [0.25, 0.3) is 5.91 Å². The topological polar surface area (TPSA) is 119 Å². The number of nitrogens with one attached hydrogen (secondary N) is 1. The van der Waals surface area contributed by atoms with E-state index < -0.39 is 24.5 Å². The Bertz CT molecular complexity index is 931. The van der Waals surface area contributed by atoms with E-state index in [1.54, 1.807) is 26.0 Å². The van der Waals surface area contributed by atoms with Crippen molar-refractivity contribution < 1.29 is 33.8 Å². The zero-order valence-corrected chi connectivity index (χ0v) is 17.1. The highest BCUT2D eigenvalue weighted by Crippen LogP contribution is 2.34. The van der Waals surface area contributed by atoms with Crippen molar-refractivity contribution >= 4 is 40.0 Å². The van der Waals surface area contributed by atoms with E-state index in [0.29, 0.717) is 16.0 Å². The monoisotopic (exact) mass is 419 g/mol. The molecule has 1 amide bonds. The van der Waals surface area contributed by atoms with Gasteiger partial charge >= 0.3 is 11.9 Å². The van der Waals surface area contributed by atoms with E-state index in [1.807, 2.05) is 0 Å². The SMILES string of the molecule is CCOC(=O)c1c(NC(=O)COC(=O)Cc2ccc(O)cc2)sc(C(C)=O)c1C. The summed E-state index contributed by atoms with van der Waals surface area (Å²) in [5.41, 5.74) is 1.17. The zero-order valence-electron chi connectivity index (χ0n) is 16.2. The van der Waals surface area contributed by atoms with Crippen LogP contribution in [0.25, 0.3) is 0 Å². The first-order chi connectivity index (χ1) is 13.7. The highest BCUT2D eigenvalue weighted by atomic mass is 32.1. The van der Waals surface area contributed by atoms with Gasteiger partial charge in [0.05, 0.1) is 23.5 Å². The van der Waals surface area contributed by atoms with E-state index in [1.165, 1.54) is 19.1 Å². The van der Waals surface area contributed by atoms with Crippen LogP contribution in [0.2, 0.25) is 0 Å². The van der Waals surface area contributed by atoms with Gasteiger partial charge in [-0.2, -0.15) is 0 Å². The second kappa shape index (κ2) is 9.83. The average molecular weight is 419 g/mol. The number of hydrogen-bond acceptors (Lipinski definition) is 8. The smallest absolute Gasteiger partial charge is 0.341 e. The summed E-state index contributed by atoms with van der Waals surface area (Å²) in [6.45, 7) is 4.21. The van der Waals surface area contributed by atoms with Crippen molar-refractivity contribution in [1.29, 1.82) is 0 Å². The van der Waals surface area contributed by atoms with Crippen LogP contribution in [0.15, 0.2) is 24.3 Å². The molecule has 0 spiro atoms. The van der Waals surface area contributed by atoms with Crippen LogP contribution in [0.1, 0.15) is 45.0 Å². The first-order valence-corrected chi connectivity index (χ1v) is 9.59. The van der Waals surface area contributed by atoms with Crippen LogP contribution in [0.4, 0.5) is 5.00 Å². The fraction of sp³-hybridized carbons (Fsp3) is 0.300. The van der Waals surface area contributed by atoms with Gasteiger partial charge in [-0.05, 0) is 44.0 Å². The lowest BCUT2D eigenvalue weighted by molar-refractivity contribution is -0.146. The summed E-state index contributed by atoms with van der Waals surface area (Å²) >= 11 is 0.968. The number of carbonyl (C=O) groups excluding carboxylic acids is 4. The number of thiophene rings is 1. The number of anilines is 1. The summed E-state index contributed by atoms with van der Waals surface area (Å²) < 4.78 is 9.95. The summed E-state index contributed by atoms with van der Waals surface area (Å²) in [4.78, 5) is 48.4. The number of rotatable bonds is 8. The Morgan fingerprint density at radius 2 is 1.76 bits per heavy atom.